The molecule has 2 nitrogen and oxygen atoms in total. The lowest BCUT2D eigenvalue weighted by molar-refractivity contribution is 0.112. The van der Waals surface area contributed by atoms with E-state index in [0.29, 0.717) is 0 Å². The van der Waals surface area contributed by atoms with Crippen LogP contribution >= 0.6 is 0 Å². The lowest BCUT2D eigenvalue weighted by Gasteiger charge is -2.22. The maximum Gasteiger partial charge on any atom is 0.125 e. The highest BCUT2D eigenvalue weighted by molar-refractivity contribution is 5.41. The predicted molar refractivity (Wildman–Crippen MR) is 48.1 cm³/mol. The molecule has 0 saturated carbocycles. The van der Waals surface area contributed by atoms with Gasteiger partial charge in [0.1, 0.15) is 11.4 Å². The first-order valence-electron chi connectivity index (χ1n) is 4.15. The Balaban J connectivity index is 2.49. The van der Waals surface area contributed by atoms with Gasteiger partial charge in [-0.25, -0.2) is 0 Å². The molecule has 0 radical (unpaired) electrons. The second-order valence-corrected chi connectivity index (χ2v) is 3.72. The quantitative estimate of drug-likeness (QED) is 0.633. The highest BCUT2D eigenvalue weighted by Crippen LogP contribution is 2.40. The molecule has 0 amide bonds. The van der Waals surface area contributed by atoms with Crippen molar-refractivity contribution in [1.82, 2.24) is 0 Å². The molecule has 0 aliphatic carbocycles. The van der Waals surface area contributed by atoms with E-state index in [4.69, 9.17) is 10.5 Å². The first-order chi connectivity index (χ1) is 5.61. The molecule has 1 aromatic rings. The van der Waals surface area contributed by atoms with E-state index in [9.17, 15) is 0 Å². The molecule has 0 unspecified atom stereocenters. The van der Waals surface area contributed by atoms with Crippen molar-refractivity contribution in [3.05, 3.63) is 29.8 Å². The number of nitrogens with two attached hydrogens (primary N) is 1. The first-order valence-corrected chi connectivity index (χ1v) is 4.15. The van der Waals surface area contributed by atoms with Crippen LogP contribution in [0, 0.1) is 0 Å². The monoisotopic (exact) mass is 163 g/mol. The number of para-hydroxylation sites is 1. The molecule has 2 heteroatoms. The van der Waals surface area contributed by atoms with Gasteiger partial charge in [0.2, 0.25) is 0 Å². The van der Waals surface area contributed by atoms with Crippen molar-refractivity contribution in [2.24, 2.45) is 5.73 Å². The fourth-order valence-electron chi connectivity index (χ4n) is 1.55. The second kappa shape index (κ2) is 2.23. The van der Waals surface area contributed by atoms with E-state index < -0.39 is 0 Å². The largest absolute Gasteiger partial charge is 0.486 e. The molecule has 2 N–H and O–H groups in total. The minimum Gasteiger partial charge on any atom is -0.486 e. The second-order valence-electron chi connectivity index (χ2n) is 3.72. The van der Waals surface area contributed by atoms with Crippen LogP contribution in [0.4, 0.5) is 0 Å². The summed E-state index contributed by atoms with van der Waals surface area (Å²) >= 11 is 0. The van der Waals surface area contributed by atoms with Gasteiger partial charge in [-0.1, -0.05) is 18.2 Å². The van der Waals surface area contributed by atoms with Gasteiger partial charge in [-0.15, -0.1) is 0 Å². The zero-order chi connectivity index (χ0) is 8.77. The maximum absolute atomic E-state index is 6.00. The Hall–Kier alpha value is -1.02. The number of hydrogen-bond donors (Lipinski definition) is 1. The Morgan fingerprint density at radius 2 is 2.00 bits per heavy atom. The molecule has 1 aromatic carbocycles. The molecule has 1 heterocycles. The average molecular weight is 163 g/mol. The van der Waals surface area contributed by atoms with Crippen molar-refractivity contribution in [2.45, 2.75) is 25.5 Å². The van der Waals surface area contributed by atoms with Crippen LogP contribution in [0.25, 0.3) is 0 Å². The summed E-state index contributed by atoms with van der Waals surface area (Å²) in [6, 6.07) is 7.93. The summed E-state index contributed by atoms with van der Waals surface area (Å²) in [7, 11) is 0. The van der Waals surface area contributed by atoms with Crippen LogP contribution in [0.15, 0.2) is 24.3 Å². The highest BCUT2D eigenvalue weighted by atomic mass is 16.5. The molecule has 1 aliphatic rings. The van der Waals surface area contributed by atoms with Gasteiger partial charge in [0, 0.05) is 5.56 Å². The van der Waals surface area contributed by atoms with E-state index in [1.54, 1.807) is 0 Å². The van der Waals surface area contributed by atoms with Gasteiger partial charge in [-0.3, -0.25) is 0 Å². The lowest BCUT2D eigenvalue weighted by atomic mass is 9.96. The van der Waals surface area contributed by atoms with Crippen molar-refractivity contribution in [2.75, 3.05) is 0 Å². The molecular formula is C10H13NO. The SMILES string of the molecule is CC1(C)Oc2ccccc2[C@H]1N. The van der Waals surface area contributed by atoms with Crippen LogP contribution in [0.5, 0.6) is 5.75 Å². The van der Waals surface area contributed by atoms with Crippen molar-refractivity contribution < 1.29 is 4.74 Å². The zero-order valence-electron chi connectivity index (χ0n) is 7.37. The lowest BCUT2D eigenvalue weighted by Crippen LogP contribution is -2.35. The van der Waals surface area contributed by atoms with Gasteiger partial charge in [-0.2, -0.15) is 0 Å². The number of ether oxygens (including phenoxy) is 1. The smallest absolute Gasteiger partial charge is 0.125 e. The van der Waals surface area contributed by atoms with Crippen LogP contribution in [0.1, 0.15) is 25.5 Å². The fourth-order valence-corrected chi connectivity index (χ4v) is 1.55. The minimum atomic E-state index is -0.260. The summed E-state index contributed by atoms with van der Waals surface area (Å²) in [5.74, 6) is 0.926. The molecule has 0 bridgehead atoms. The number of hydrogen-bond acceptors (Lipinski definition) is 2. The van der Waals surface area contributed by atoms with Gasteiger partial charge in [0.15, 0.2) is 0 Å². The molecule has 0 aromatic heterocycles. The van der Waals surface area contributed by atoms with Gasteiger partial charge in [-0.05, 0) is 19.9 Å². The summed E-state index contributed by atoms with van der Waals surface area (Å²) in [5.41, 5.74) is 6.85. The van der Waals surface area contributed by atoms with E-state index in [1.807, 2.05) is 38.1 Å². The van der Waals surface area contributed by atoms with Crippen molar-refractivity contribution in [1.29, 1.82) is 0 Å². The zero-order valence-corrected chi connectivity index (χ0v) is 7.37. The maximum atomic E-state index is 6.00. The summed E-state index contributed by atoms with van der Waals surface area (Å²) < 4.78 is 5.68. The summed E-state index contributed by atoms with van der Waals surface area (Å²) in [6.07, 6.45) is 0. The van der Waals surface area contributed by atoms with Crippen molar-refractivity contribution >= 4 is 0 Å². The van der Waals surface area contributed by atoms with E-state index in [2.05, 4.69) is 0 Å². The normalized spacial score (nSPS) is 24.8. The summed E-state index contributed by atoms with van der Waals surface area (Å²) in [6.45, 7) is 4.02. The third kappa shape index (κ3) is 0.916. The topological polar surface area (TPSA) is 35.2 Å². The van der Waals surface area contributed by atoms with Crippen LogP contribution in [-0.2, 0) is 0 Å². The molecule has 64 valence electrons. The standard InChI is InChI=1S/C10H13NO/c1-10(2)9(11)7-5-3-4-6-8(7)12-10/h3-6,9H,11H2,1-2H3/t9-/m1/s1. The number of rotatable bonds is 0. The van der Waals surface area contributed by atoms with Crippen molar-refractivity contribution in [3.8, 4) is 5.75 Å². The Morgan fingerprint density at radius 1 is 1.33 bits per heavy atom. The Kier molecular flexibility index (Phi) is 1.42. The third-order valence-electron chi connectivity index (χ3n) is 2.38. The van der Waals surface area contributed by atoms with Gasteiger partial charge in [0.05, 0.1) is 6.04 Å². The van der Waals surface area contributed by atoms with Crippen LogP contribution < -0.4 is 10.5 Å². The molecule has 0 saturated heterocycles. The fraction of sp³-hybridized carbons (Fsp3) is 0.400. The Bertz CT molecular complexity index is 306. The van der Waals surface area contributed by atoms with Gasteiger partial charge < -0.3 is 10.5 Å². The summed E-state index contributed by atoms with van der Waals surface area (Å²) in [5, 5.41) is 0. The molecular weight excluding hydrogens is 150 g/mol. The highest BCUT2D eigenvalue weighted by Gasteiger charge is 2.37. The molecule has 0 spiro atoms. The number of benzene rings is 1. The molecule has 12 heavy (non-hydrogen) atoms. The van der Waals surface area contributed by atoms with Crippen LogP contribution in [-0.4, -0.2) is 5.60 Å². The first kappa shape index (κ1) is 7.62. The van der Waals surface area contributed by atoms with Crippen LogP contribution in [0.3, 0.4) is 0 Å². The van der Waals surface area contributed by atoms with E-state index in [0.717, 1.165) is 11.3 Å². The van der Waals surface area contributed by atoms with E-state index in [-0.39, 0.29) is 11.6 Å². The molecule has 1 atom stereocenters. The minimum absolute atomic E-state index is 0.00583. The Labute approximate surface area is 72.3 Å². The van der Waals surface area contributed by atoms with Crippen molar-refractivity contribution in [3.63, 3.8) is 0 Å². The Morgan fingerprint density at radius 3 is 2.67 bits per heavy atom. The molecule has 0 fully saturated rings. The predicted octanol–water partition coefficient (Wildman–Crippen LogP) is 1.86. The van der Waals surface area contributed by atoms with Gasteiger partial charge in [0.25, 0.3) is 0 Å². The number of fused-ring (bicyclic) bond motifs is 1. The van der Waals surface area contributed by atoms with Crippen LogP contribution in [0.2, 0.25) is 0 Å². The summed E-state index contributed by atoms with van der Waals surface area (Å²) in [4.78, 5) is 0. The van der Waals surface area contributed by atoms with E-state index >= 15 is 0 Å². The third-order valence-corrected chi connectivity index (χ3v) is 2.38. The average Bonchev–Trinajstić information content (AvgIpc) is 2.24. The molecule has 1 aliphatic heterocycles. The molecule has 2 rings (SSSR count). The van der Waals surface area contributed by atoms with E-state index in [1.165, 1.54) is 0 Å². The van der Waals surface area contributed by atoms with Gasteiger partial charge >= 0.3 is 0 Å².